The highest BCUT2D eigenvalue weighted by Gasteiger charge is 2.12. The van der Waals surface area contributed by atoms with Gasteiger partial charge in [-0.3, -0.25) is 9.59 Å². The van der Waals surface area contributed by atoms with Gasteiger partial charge < -0.3 is 15.6 Å². The van der Waals surface area contributed by atoms with Gasteiger partial charge in [0.05, 0.1) is 6.54 Å². The highest BCUT2D eigenvalue weighted by atomic mass is 35.5. The van der Waals surface area contributed by atoms with E-state index >= 15 is 0 Å². The van der Waals surface area contributed by atoms with Crippen molar-refractivity contribution in [3.8, 4) is 0 Å². The van der Waals surface area contributed by atoms with Gasteiger partial charge in [-0.15, -0.1) is 0 Å². The summed E-state index contributed by atoms with van der Waals surface area (Å²) in [6.07, 6.45) is 2.79. The molecular formula is C14H16ClN3O2. The fraction of sp³-hybridized carbons (Fsp3) is 0.286. The second-order valence-corrected chi connectivity index (χ2v) is 5.16. The van der Waals surface area contributed by atoms with E-state index < -0.39 is 5.91 Å². The molecule has 0 radical (unpaired) electrons. The first-order valence-corrected chi connectivity index (χ1v) is 6.63. The number of carbonyl (C=O) groups is 2. The number of nitrogens with one attached hydrogen (secondary N) is 1. The van der Waals surface area contributed by atoms with Gasteiger partial charge in [0.2, 0.25) is 11.8 Å². The van der Waals surface area contributed by atoms with Crippen LogP contribution in [-0.2, 0) is 16.0 Å². The number of fused-ring (bicyclic) bond motifs is 1. The van der Waals surface area contributed by atoms with Gasteiger partial charge >= 0.3 is 0 Å². The van der Waals surface area contributed by atoms with Gasteiger partial charge in [0.25, 0.3) is 0 Å². The van der Waals surface area contributed by atoms with Crippen LogP contribution in [0.5, 0.6) is 0 Å². The average Bonchev–Trinajstić information content (AvgIpc) is 2.77. The summed E-state index contributed by atoms with van der Waals surface area (Å²) in [5.41, 5.74) is 7.08. The van der Waals surface area contributed by atoms with Gasteiger partial charge in [-0.1, -0.05) is 11.6 Å². The van der Waals surface area contributed by atoms with E-state index in [9.17, 15) is 9.59 Å². The fourth-order valence-corrected chi connectivity index (χ4v) is 2.28. The summed E-state index contributed by atoms with van der Waals surface area (Å²) in [5, 5.41) is 1.68. The largest absolute Gasteiger partial charge is 0.368 e. The third-order valence-corrected chi connectivity index (χ3v) is 3.39. The van der Waals surface area contributed by atoms with Crippen molar-refractivity contribution >= 4 is 34.3 Å². The number of carbonyl (C=O) groups excluding carboxylic acids is 2. The van der Waals surface area contributed by atoms with Crippen molar-refractivity contribution in [2.45, 2.75) is 12.8 Å². The third-order valence-electron chi connectivity index (χ3n) is 3.16. The molecule has 2 aromatic rings. The summed E-state index contributed by atoms with van der Waals surface area (Å²) in [6, 6.07) is 5.60. The maximum Gasteiger partial charge on any atom is 0.237 e. The lowest BCUT2D eigenvalue weighted by Gasteiger charge is -2.14. The Bertz CT molecular complexity index is 651. The summed E-state index contributed by atoms with van der Waals surface area (Å²) < 4.78 is 0. The quantitative estimate of drug-likeness (QED) is 0.880. The van der Waals surface area contributed by atoms with Crippen LogP contribution in [0.4, 0.5) is 0 Å². The van der Waals surface area contributed by atoms with Crippen molar-refractivity contribution in [3.63, 3.8) is 0 Å². The van der Waals surface area contributed by atoms with E-state index in [1.165, 1.54) is 4.90 Å². The van der Waals surface area contributed by atoms with Crippen LogP contribution in [0, 0.1) is 0 Å². The van der Waals surface area contributed by atoms with Crippen molar-refractivity contribution in [1.29, 1.82) is 0 Å². The molecule has 2 rings (SSSR count). The SMILES string of the molecule is CN(CC(N)=O)C(=O)CCc1c[nH]c2ccc(Cl)cc12. The minimum Gasteiger partial charge on any atom is -0.368 e. The van der Waals surface area contributed by atoms with E-state index in [1.807, 2.05) is 24.4 Å². The molecule has 0 atom stereocenters. The molecule has 0 saturated heterocycles. The van der Waals surface area contributed by atoms with Crippen molar-refractivity contribution in [2.75, 3.05) is 13.6 Å². The average molecular weight is 294 g/mol. The lowest BCUT2D eigenvalue weighted by Crippen LogP contribution is -2.35. The number of rotatable bonds is 5. The Morgan fingerprint density at radius 2 is 2.15 bits per heavy atom. The molecule has 0 saturated carbocycles. The predicted molar refractivity (Wildman–Crippen MR) is 78.5 cm³/mol. The highest BCUT2D eigenvalue weighted by molar-refractivity contribution is 6.31. The Hall–Kier alpha value is -2.01. The molecule has 0 fully saturated rings. The number of aromatic amines is 1. The molecule has 3 N–H and O–H groups in total. The third kappa shape index (κ3) is 3.30. The molecular weight excluding hydrogens is 278 g/mol. The maximum atomic E-state index is 11.9. The first kappa shape index (κ1) is 14.4. The molecule has 0 aliphatic rings. The van der Waals surface area contributed by atoms with Crippen LogP contribution in [0.2, 0.25) is 5.02 Å². The molecule has 6 heteroatoms. The van der Waals surface area contributed by atoms with E-state index in [-0.39, 0.29) is 12.5 Å². The van der Waals surface area contributed by atoms with Crippen LogP contribution in [0.1, 0.15) is 12.0 Å². The zero-order valence-corrected chi connectivity index (χ0v) is 11.9. The van der Waals surface area contributed by atoms with E-state index in [0.29, 0.717) is 17.9 Å². The molecule has 5 nitrogen and oxygen atoms in total. The Morgan fingerprint density at radius 3 is 2.85 bits per heavy atom. The van der Waals surface area contributed by atoms with Gasteiger partial charge in [0, 0.05) is 35.6 Å². The number of hydrogen-bond acceptors (Lipinski definition) is 2. The minimum atomic E-state index is -0.514. The number of H-pyrrole nitrogens is 1. The molecule has 0 aliphatic carbocycles. The van der Waals surface area contributed by atoms with Crippen molar-refractivity contribution < 1.29 is 9.59 Å². The Labute approximate surface area is 121 Å². The smallest absolute Gasteiger partial charge is 0.237 e. The van der Waals surface area contributed by atoms with E-state index in [0.717, 1.165) is 16.5 Å². The van der Waals surface area contributed by atoms with Gasteiger partial charge in [0.15, 0.2) is 0 Å². The van der Waals surface area contributed by atoms with Crippen LogP contribution in [-0.4, -0.2) is 35.3 Å². The molecule has 0 spiro atoms. The summed E-state index contributed by atoms with van der Waals surface area (Å²) in [4.78, 5) is 27.1. The zero-order chi connectivity index (χ0) is 14.7. The summed E-state index contributed by atoms with van der Waals surface area (Å²) in [7, 11) is 1.57. The number of primary amides is 1. The number of nitrogens with zero attached hydrogens (tertiary/aromatic N) is 1. The Morgan fingerprint density at radius 1 is 1.40 bits per heavy atom. The molecule has 1 aromatic heterocycles. The minimum absolute atomic E-state index is 0.0570. The topological polar surface area (TPSA) is 79.2 Å². The highest BCUT2D eigenvalue weighted by Crippen LogP contribution is 2.23. The second-order valence-electron chi connectivity index (χ2n) is 4.72. The number of benzene rings is 1. The molecule has 2 amide bonds. The molecule has 1 aromatic carbocycles. The van der Waals surface area contributed by atoms with Crippen LogP contribution in [0.3, 0.4) is 0 Å². The monoisotopic (exact) mass is 293 g/mol. The van der Waals surface area contributed by atoms with Crippen LogP contribution in [0.25, 0.3) is 10.9 Å². The fourth-order valence-electron chi connectivity index (χ4n) is 2.11. The van der Waals surface area contributed by atoms with Gasteiger partial charge in [0.1, 0.15) is 0 Å². The van der Waals surface area contributed by atoms with E-state index in [2.05, 4.69) is 4.98 Å². The number of aromatic nitrogens is 1. The standard InChI is InChI=1S/C14H16ClN3O2/c1-18(8-13(16)19)14(20)5-2-9-7-17-12-4-3-10(15)6-11(9)12/h3-4,6-7,17H,2,5,8H2,1H3,(H2,16,19). The number of hydrogen-bond donors (Lipinski definition) is 2. The van der Waals surface area contributed by atoms with Crippen molar-refractivity contribution in [3.05, 3.63) is 35.0 Å². The number of halogens is 1. The number of likely N-dealkylation sites (N-methyl/N-ethyl adjacent to an activating group) is 1. The van der Waals surface area contributed by atoms with E-state index in [4.69, 9.17) is 17.3 Å². The van der Waals surface area contributed by atoms with Crippen molar-refractivity contribution in [1.82, 2.24) is 9.88 Å². The molecule has 0 unspecified atom stereocenters. The molecule has 0 aliphatic heterocycles. The lowest BCUT2D eigenvalue weighted by atomic mass is 10.1. The summed E-state index contributed by atoms with van der Waals surface area (Å²) in [6.45, 7) is -0.0570. The lowest BCUT2D eigenvalue weighted by molar-refractivity contribution is -0.133. The zero-order valence-electron chi connectivity index (χ0n) is 11.1. The predicted octanol–water partition coefficient (Wildman–Crippen LogP) is 1.70. The Balaban J connectivity index is 2.04. The van der Waals surface area contributed by atoms with Crippen LogP contribution < -0.4 is 5.73 Å². The second kappa shape index (κ2) is 5.96. The molecule has 1 heterocycles. The molecule has 0 bridgehead atoms. The van der Waals surface area contributed by atoms with Gasteiger partial charge in [-0.25, -0.2) is 0 Å². The van der Waals surface area contributed by atoms with Crippen molar-refractivity contribution in [2.24, 2.45) is 5.73 Å². The molecule has 106 valence electrons. The summed E-state index contributed by atoms with van der Waals surface area (Å²) in [5.74, 6) is -0.625. The first-order valence-electron chi connectivity index (χ1n) is 6.25. The van der Waals surface area contributed by atoms with E-state index in [1.54, 1.807) is 7.05 Å². The van der Waals surface area contributed by atoms with Crippen LogP contribution >= 0.6 is 11.6 Å². The Kier molecular flexibility index (Phi) is 4.29. The summed E-state index contributed by atoms with van der Waals surface area (Å²) >= 11 is 5.98. The number of aryl methyl sites for hydroxylation is 1. The normalized spacial score (nSPS) is 10.7. The number of nitrogens with two attached hydrogens (primary N) is 1. The van der Waals surface area contributed by atoms with Gasteiger partial charge in [-0.2, -0.15) is 0 Å². The maximum absolute atomic E-state index is 11.9. The molecule has 20 heavy (non-hydrogen) atoms. The first-order chi connectivity index (χ1) is 9.47. The van der Waals surface area contributed by atoms with Gasteiger partial charge in [-0.05, 0) is 30.2 Å². The van der Waals surface area contributed by atoms with Crippen LogP contribution in [0.15, 0.2) is 24.4 Å². The number of amides is 2.